The van der Waals surface area contributed by atoms with Crippen molar-refractivity contribution < 1.29 is 0 Å². The average Bonchev–Trinajstić information content (AvgIpc) is 2.51. The largest absolute Gasteiger partial charge is 0.327 e. The molecule has 2 heterocycles. The Balaban J connectivity index is 2.74. The number of rotatable bonds is 3. The zero-order chi connectivity index (χ0) is 11.7. The Morgan fingerprint density at radius 2 is 1.88 bits per heavy atom. The number of unbranched alkanes of at least 4 members (excludes halogenated alkanes) is 1. The summed E-state index contributed by atoms with van der Waals surface area (Å²) in [5.74, 6) is 0. The van der Waals surface area contributed by atoms with E-state index in [1.54, 1.807) is 0 Å². The number of hydrogen-bond donors (Lipinski definition) is 3. The zero-order valence-electron chi connectivity index (χ0n) is 8.79. The molecule has 0 aliphatic carbocycles. The molecule has 0 saturated heterocycles. The Hall–Kier alpha value is -2.05. The summed E-state index contributed by atoms with van der Waals surface area (Å²) in [6.07, 6.45) is 1.71. The van der Waals surface area contributed by atoms with Crippen molar-refractivity contribution in [3.8, 4) is 0 Å². The molecule has 7 heteroatoms. The Morgan fingerprint density at radius 3 is 2.56 bits per heavy atom. The van der Waals surface area contributed by atoms with Crippen molar-refractivity contribution in [1.29, 1.82) is 0 Å². The second-order valence-corrected chi connectivity index (χ2v) is 3.57. The van der Waals surface area contributed by atoms with Gasteiger partial charge in [-0.2, -0.15) is 0 Å². The van der Waals surface area contributed by atoms with Gasteiger partial charge in [-0.1, -0.05) is 13.3 Å². The Labute approximate surface area is 89.1 Å². The first-order valence-electron chi connectivity index (χ1n) is 5.08. The van der Waals surface area contributed by atoms with Crippen LogP contribution in [0.1, 0.15) is 19.8 Å². The molecule has 0 fully saturated rings. The first-order chi connectivity index (χ1) is 7.63. The minimum absolute atomic E-state index is 0.176. The Bertz CT molecular complexity index is 672. The highest BCUT2D eigenvalue weighted by molar-refractivity contribution is 5.68. The monoisotopic (exact) mass is 224 g/mol. The van der Waals surface area contributed by atoms with E-state index in [1.807, 2.05) is 6.92 Å². The summed E-state index contributed by atoms with van der Waals surface area (Å²) >= 11 is 0. The van der Waals surface area contributed by atoms with Crippen LogP contribution in [-0.4, -0.2) is 19.5 Å². The predicted octanol–water partition coefficient (Wildman–Crippen LogP) is -0.494. The van der Waals surface area contributed by atoms with E-state index in [2.05, 4.69) is 15.0 Å². The van der Waals surface area contributed by atoms with Crippen LogP contribution in [0.4, 0.5) is 0 Å². The maximum absolute atomic E-state index is 11.5. The van der Waals surface area contributed by atoms with Gasteiger partial charge in [-0.3, -0.25) is 24.3 Å². The van der Waals surface area contributed by atoms with Gasteiger partial charge in [0.05, 0.1) is 0 Å². The van der Waals surface area contributed by atoms with Crippen molar-refractivity contribution in [3.63, 3.8) is 0 Å². The minimum atomic E-state index is -0.624. The molecule has 2 rings (SSSR count). The summed E-state index contributed by atoms with van der Waals surface area (Å²) in [4.78, 5) is 41.0. The summed E-state index contributed by atoms with van der Waals surface area (Å²) in [6, 6.07) is 0. The van der Waals surface area contributed by atoms with Gasteiger partial charge in [-0.15, -0.1) is 0 Å². The van der Waals surface area contributed by atoms with Gasteiger partial charge in [0.25, 0.3) is 5.56 Å². The molecule has 0 amide bonds. The topological polar surface area (TPSA) is 104 Å². The number of nitrogens with one attached hydrogen (secondary N) is 3. The maximum Gasteiger partial charge on any atom is 0.327 e. The van der Waals surface area contributed by atoms with E-state index in [-0.39, 0.29) is 16.9 Å². The van der Waals surface area contributed by atoms with E-state index >= 15 is 0 Å². The van der Waals surface area contributed by atoms with E-state index < -0.39 is 11.2 Å². The summed E-state index contributed by atoms with van der Waals surface area (Å²) in [5.41, 5.74) is -1.18. The van der Waals surface area contributed by atoms with Gasteiger partial charge < -0.3 is 0 Å². The number of H-pyrrole nitrogens is 3. The summed E-state index contributed by atoms with van der Waals surface area (Å²) in [5, 5.41) is 0. The molecule has 16 heavy (non-hydrogen) atoms. The Kier molecular flexibility index (Phi) is 2.51. The average molecular weight is 224 g/mol. The number of nitrogens with zero attached hydrogens (tertiary/aromatic N) is 1. The molecule has 3 N–H and O–H groups in total. The van der Waals surface area contributed by atoms with E-state index in [4.69, 9.17) is 0 Å². The molecule has 0 aliphatic rings. The molecule has 0 radical (unpaired) electrons. The summed E-state index contributed by atoms with van der Waals surface area (Å²) < 4.78 is 1.34. The summed E-state index contributed by atoms with van der Waals surface area (Å²) in [7, 11) is 0. The molecule has 0 aromatic carbocycles. The van der Waals surface area contributed by atoms with Gasteiger partial charge >= 0.3 is 11.4 Å². The fourth-order valence-electron chi connectivity index (χ4n) is 1.63. The van der Waals surface area contributed by atoms with E-state index in [0.717, 1.165) is 12.8 Å². The van der Waals surface area contributed by atoms with Gasteiger partial charge in [-0.05, 0) is 6.42 Å². The van der Waals surface area contributed by atoms with Crippen molar-refractivity contribution in [3.05, 3.63) is 31.3 Å². The van der Waals surface area contributed by atoms with Gasteiger partial charge in [0.15, 0.2) is 5.52 Å². The lowest BCUT2D eigenvalue weighted by atomic mass is 10.3. The van der Waals surface area contributed by atoms with Crippen LogP contribution in [0.3, 0.4) is 0 Å². The minimum Gasteiger partial charge on any atom is -0.292 e. The number of hydrogen-bond acceptors (Lipinski definition) is 3. The van der Waals surface area contributed by atoms with Crippen molar-refractivity contribution in [1.82, 2.24) is 19.5 Å². The molecule has 0 saturated carbocycles. The second kappa shape index (κ2) is 3.84. The van der Waals surface area contributed by atoms with Crippen LogP contribution in [0.5, 0.6) is 0 Å². The second-order valence-electron chi connectivity index (χ2n) is 3.57. The molecule has 2 aromatic rings. The summed E-state index contributed by atoms with van der Waals surface area (Å²) in [6.45, 7) is 2.45. The van der Waals surface area contributed by atoms with Crippen molar-refractivity contribution in [2.45, 2.75) is 26.3 Å². The number of imidazole rings is 1. The third-order valence-corrected chi connectivity index (χ3v) is 2.40. The quantitative estimate of drug-likeness (QED) is 0.655. The third kappa shape index (κ3) is 1.60. The Morgan fingerprint density at radius 1 is 1.12 bits per heavy atom. The lowest BCUT2D eigenvalue weighted by Crippen LogP contribution is -2.25. The van der Waals surface area contributed by atoms with Crippen molar-refractivity contribution in [2.24, 2.45) is 0 Å². The number of aromatic nitrogens is 4. The number of aryl methyl sites for hydroxylation is 1. The highest BCUT2D eigenvalue weighted by Gasteiger charge is 2.10. The predicted molar refractivity (Wildman–Crippen MR) is 58.7 cm³/mol. The van der Waals surface area contributed by atoms with E-state index in [9.17, 15) is 14.4 Å². The smallest absolute Gasteiger partial charge is 0.292 e. The van der Waals surface area contributed by atoms with Crippen LogP contribution in [0.15, 0.2) is 14.4 Å². The van der Waals surface area contributed by atoms with Crippen LogP contribution in [0, 0.1) is 0 Å². The molecular weight excluding hydrogens is 212 g/mol. The van der Waals surface area contributed by atoms with Gasteiger partial charge in [0.1, 0.15) is 5.65 Å². The van der Waals surface area contributed by atoms with Crippen LogP contribution in [0.25, 0.3) is 11.2 Å². The molecule has 2 aromatic heterocycles. The van der Waals surface area contributed by atoms with Crippen molar-refractivity contribution >= 4 is 11.2 Å². The lowest BCUT2D eigenvalue weighted by molar-refractivity contribution is 0.627. The fourth-order valence-corrected chi connectivity index (χ4v) is 1.63. The molecule has 86 valence electrons. The van der Waals surface area contributed by atoms with Crippen LogP contribution < -0.4 is 16.9 Å². The van der Waals surface area contributed by atoms with Crippen molar-refractivity contribution in [2.75, 3.05) is 0 Å². The molecule has 0 bridgehead atoms. The normalized spacial score (nSPS) is 11.1. The molecule has 0 spiro atoms. The van der Waals surface area contributed by atoms with E-state index in [0.29, 0.717) is 6.54 Å². The molecule has 0 aliphatic heterocycles. The lowest BCUT2D eigenvalue weighted by Gasteiger charge is -1.99. The van der Waals surface area contributed by atoms with Gasteiger partial charge in [-0.25, -0.2) is 9.59 Å². The SMILES string of the molecule is CCCCn1c(=O)[nH]c2[nH]c(=O)[nH]c(=O)c21. The molecule has 0 atom stereocenters. The maximum atomic E-state index is 11.5. The number of fused-ring (bicyclic) bond motifs is 1. The first-order valence-corrected chi connectivity index (χ1v) is 5.08. The third-order valence-electron chi connectivity index (χ3n) is 2.40. The molecule has 7 nitrogen and oxygen atoms in total. The van der Waals surface area contributed by atoms with Crippen LogP contribution >= 0.6 is 0 Å². The first kappa shape index (κ1) is 10.5. The standard InChI is InChI=1S/C9H12N4O3/c1-2-3-4-13-5-6(11-9(13)16)10-8(15)12-7(5)14/h2-4H2,1H3,(H3,10,11,12,14,15,16). The van der Waals surface area contributed by atoms with Gasteiger partial charge in [0, 0.05) is 6.54 Å². The fraction of sp³-hybridized carbons (Fsp3) is 0.444. The molecule has 0 unspecified atom stereocenters. The van der Waals surface area contributed by atoms with Gasteiger partial charge in [0.2, 0.25) is 0 Å². The van der Waals surface area contributed by atoms with Crippen LogP contribution in [0.2, 0.25) is 0 Å². The number of aromatic amines is 3. The van der Waals surface area contributed by atoms with E-state index in [1.165, 1.54) is 4.57 Å². The highest BCUT2D eigenvalue weighted by atomic mass is 16.2. The highest BCUT2D eigenvalue weighted by Crippen LogP contribution is 2.00. The molecular formula is C9H12N4O3. The zero-order valence-corrected chi connectivity index (χ0v) is 8.79. The van der Waals surface area contributed by atoms with Crippen LogP contribution in [-0.2, 0) is 6.54 Å².